The molecule has 0 radical (unpaired) electrons. The number of thiazole rings is 1. The zero-order chi connectivity index (χ0) is 20.8. The summed E-state index contributed by atoms with van der Waals surface area (Å²) in [4.78, 5) is 9.13. The Morgan fingerprint density at radius 2 is 2.00 bits per heavy atom. The largest absolute Gasteiger partial charge is 0.397 e. The molecule has 0 atom stereocenters. The molecule has 1 aromatic carbocycles. The number of nitrogens with zero attached hydrogens (tertiary/aromatic N) is 2. The number of nitrogens with two attached hydrogens (primary N) is 1. The Labute approximate surface area is 170 Å². The third-order valence-corrected chi connectivity index (χ3v) is 7.11. The number of aryl methyl sites for hydroxylation is 1. The highest BCUT2D eigenvalue weighted by molar-refractivity contribution is 7.92. The van der Waals surface area contributed by atoms with E-state index >= 15 is 0 Å². The van der Waals surface area contributed by atoms with Gasteiger partial charge in [0.15, 0.2) is 21.8 Å². The molecule has 0 amide bonds. The number of benzene rings is 1. The quantitative estimate of drug-likeness (QED) is 0.606. The molecule has 152 valence electrons. The van der Waals surface area contributed by atoms with E-state index in [0.29, 0.717) is 34.8 Å². The number of rotatable bonds is 6. The third-order valence-electron chi connectivity index (χ3n) is 4.59. The van der Waals surface area contributed by atoms with E-state index in [-0.39, 0.29) is 10.2 Å². The second kappa shape index (κ2) is 7.34. The van der Waals surface area contributed by atoms with Crippen molar-refractivity contribution in [3.8, 4) is 11.3 Å². The van der Waals surface area contributed by atoms with Crippen molar-refractivity contribution in [2.24, 2.45) is 5.92 Å². The molecular formula is C19H18F2N4O2S2. The summed E-state index contributed by atoms with van der Waals surface area (Å²) in [5.41, 5.74) is 7.28. The Bertz CT molecular complexity index is 1190. The van der Waals surface area contributed by atoms with Crippen molar-refractivity contribution in [1.82, 2.24) is 9.97 Å². The van der Waals surface area contributed by atoms with Crippen LogP contribution >= 0.6 is 11.3 Å². The Morgan fingerprint density at radius 3 is 2.66 bits per heavy atom. The van der Waals surface area contributed by atoms with Crippen molar-refractivity contribution >= 4 is 32.2 Å². The molecule has 29 heavy (non-hydrogen) atoms. The van der Waals surface area contributed by atoms with Crippen LogP contribution in [0.25, 0.3) is 11.3 Å². The van der Waals surface area contributed by atoms with Crippen molar-refractivity contribution in [3.05, 3.63) is 52.5 Å². The molecule has 1 aliphatic carbocycles. The van der Waals surface area contributed by atoms with Gasteiger partial charge in [-0.25, -0.2) is 18.7 Å². The Balaban J connectivity index is 1.70. The predicted octanol–water partition coefficient (Wildman–Crippen LogP) is 4.13. The highest BCUT2D eigenvalue weighted by atomic mass is 32.2. The number of hydrogen-bond donors (Lipinski definition) is 2. The monoisotopic (exact) mass is 436 g/mol. The number of pyridine rings is 1. The molecule has 3 aromatic rings. The minimum Gasteiger partial charge on any atom is -0.397 e. The minimum absolute atomic E-state index is 0.139. The average molecular weight is 437 g/mol. The topological polar surface area (TPSA) is 98.0 Å². The summed E-state index contributed by atoms with van der Waals surface area (Å²) >= 11 is 1.19. The van der Waals surface area contributed by atoms with Gasteiger partial charge in [-0.1, -0.05) is 0 Å². The minimum atomic E-state index is -3.98. The summed E-state index contributed by atoms with van der Waals surface area (Å²) < 4.78 is 55.0. The van der Waals surface area contributed by atoms with Crippen LogP contribution in [-0.4, -0.2) is 18.4 Å². The Morgan fingerprint density at radius 1 is 1.24 bits per heavy atom. The molecular weight excluding hydrogens is 418 g/mol. The predicted molar refractivity (Wildman–Crippen MR) is 108 cm³/mol. The fraction of sp³-hybridized carbons (Fsp3) is 0.263. The van der Waals surface area contributed by atoms with Crippen molar-refractivity contribution in [2.75, 3.05) is 10.5 Å². The van der Waals surface area contributed by atoms with E-state index in [2.05, 4.69) is 14.7 Å². The molecule has 0 unspecified atom stereocenters. The van der Waals surface area contributed by atoms with E-state index in [1.165, 1.54) is 29.7 Å². The molecule has 10 heteroatoms. The van der Waals surface area contributed by atoms with Gasteiger partial charge < -0.3 is 5.73 Å². The van der Waals surface area contributed by atoms with Gasteiger partial charge in [0, 0.05) is 10.4 Å². The van der Waals surface area contributed by atoms with Crippen LogP contribution in [0.2, 0.25) is 0 Å². The summed E-state index contributed by atoms with van der Waals surface area (Å²) in [7, 11) is -3.98. The normalized spacial score (nSPS) is 14.2. The Kier molecular flexibility index (Phi) is 4.99. The molecule has 2 aromatic heterocycles. The van der Waals surface area contributed by atoms with Gasteiger partial charge in [0.25, 0.3) is 10.0 Å². The van der Waals surface area contributed by atoms with Crippen LogP contribution in [0, 0.1) is 24.5 Å². The fourth-order valence-corrected chi connectivity index (χ4v) is 5.51. The smallest absolute Gasteiger partial charge is 0.281 e. The van der Waals surface area contributed by atoms with Crippen LogP contribution < -0.4 is 10.5 Å². The van der Waals surface area contributed by atoms with Crippen LogP contribution in [0.5, 0.6) is 0 Å². The highest BCUT2D eigenvalue weighted by Crippen LogP contribution is 2.40. The molecule has 1 aliphatic rings. The van der Waals surface area contributed by atoms with Gasteiger partial charge in [-0.2, -0.15) is 8.42 Å². The van der Waals surface area contributed by atoms with Crippen LogP contribution in [0.3, 0.4) is 0 Å². The lowest BCUT2D eigenvalue weighted by atomic mass is 10.1. The highest BCUT2D eigenvalue weighted by Gasteiger charge is 2.27. The van der Waals surface area contributed by atoms with Crippen LogP contribution in [-0.2, 0) is 16.4 Å². The zero-order valence-corrected chi connectivity index (χ0v) is 17.1. The van der Waals surface area contributed by atoms with Gasteiger partial charge in [0.1, 0.15) is 0 Å². The maximum absolute atomic E-state index is 13.7. The number of anilines is 2. The maximum atomic E-state index is 13.7. The van der Waals surface area contributed by atoms with Crippen LogP contribution in [0.1, 0.15) is 23.3 Å². The van der Waals surface area contributed by atoms with Crippen molar-refractivity contribution in [2.45, 2.75) is 31.2 Å². The maximum Gasteiger partial charge on any atom is 0.281 e. The van der Waals surface area contributed by atoms with Gasteiger partial charge in [-0.15, -0.1) is 11.3 Å². The molecule has 0 spiro atoms. The standard InChI is InChI=1S/C19H18F2N4O2S2/c1-10-6-13(22)9-23-18(10)29(26,27)25-19-24-17(16(28-19)7-11-2-3-11)12-4-5-14(20)15(21)8-12/h4-6,8-9,11H,2-3,7,22H2,1H3,(H,24,25). The van der Waals surface area contributed by atoms with Crippen molar-refractivity contribution in [3.63, 3.8) is 0 Å². The number of sulfonamides is 1. The Hall–Kier alpha value is -2.59. The lowest BCUT2D eigenvalue weighted by Gasteiger charge is -2.07. The van der Waals surface area contributed by atoms with Crippen LogP contribution in [0.15, 0.2) is 35.5 Å². The molecule has 2 heterocycles. The zero-order valence-electron chi connectivity index (χ0n) is 15.4. The number of hydrogen-bond acceptors (Lipinski definition) is 6. The molecule has 3 N–H and O–H groups in total. The fourth-order valence-electron chi connectivity index (χ4n) is 3.02. The van der Waals surface area contributed by atoms with Gasteiger partial charge in [0.05, 0.1) is 17.6 Å². The van der Waals surface area contributed by atoms with Crippen molar-refractivity contribution in [1.29, 1.82) is 0 Å². The second-order valence-corrected chi connectivity index (χ2v) is 9.74. The third kappa shape index (κ3) is 4.23. The number of halogens is 2. The summed E-state index contributed by atoms with van der Waals surface area (Å²) in [5.74, 6) is -1.42. The van der Waals surface area contributed by atoms with E-state index in [1.54, 1.807) is 6.92 Å². The van der Waals surface area contributed by atoms with E-state index in [1.807, 2.05) is 0 Å². The summed E-state index contributed by atoms with van der Waals surface area (Å²) in [6.45, 7) is 1.60. The number of aromatic nitrogens is 2. The molecule has 4 rings (SSSR count). The second-order valence-electron chi connectivity index (χ2n) is 7.06. The summed E-state index contributed by atoms with van der Waals surface area (Å²) in [5, 5.41) is 0.0124. The van der Waals surface area contributed by atoms with E-state index in [9.17, 15) is 17.2 Å². The van der Waals surface area contributed by atoms with E-state index in [0.717, 1.165) is 29.9 Å². The molecule has 0 saturated heterocycles. The first-order valence-corrected chi connectivity index (χ1v) is 11.2. The van der Waals surface area contributed by atoms with Crippen molar-refractivity contribution < 1.29 is 17.2 Å². The molecule has 0 bridgehead atoms. The summed E-state index contributed by atoms with van der Waals surface area (Å²) in [6, 6.07) is 5.07. The first-order valence-electron chi connectivity index (χ1n) is 8.93. The first kappa shape index (κ1) is 19.7. The molecule has 1 fully saturated rings. The number of nitrogens with one attached hydrogen (secondary N) is 1. The van der Waals surface area contributed by atoms with E-state index in [4.69, 9.17) is 5.73 Å². The number of nitrogen functional groups attached to an aromatic ring is 1. The van der Waals surface area contributed by atoms with Gasteiger partial charge >= 0.3 is 0 Å². The average Bonchev–Trinajstić information content (AvgIpc) is 3.36. The van der Waals surface area contributed by atoms with Gasteiger partial charge in [0.2, 0.25) is 0 Å². The molecule has 6 nitrogen and oxygen atoms in total. The SMILES string of the molecule is Cc1cc(N)cnc1S(=O)(=O)Nc1nc(-c2ccc(F)c(F)c2)c(CC2CC2)s1. The van der Waals surface area contributed by atoms with Gasteiger partial charge in [-0.3, -0.25) is 4.72 Å². The lowest BCUT2D eigenvalue weighted by Crippen LogP contribution is -2.16. The van der Waals surface area contributed by atoms with Crippen LogP contribution in [0.4, 0.5) is 19.6 Å². The first-order chi connectivity index (χ1) is 13.7. The summed E-state index contributed by atoms with van der Waals surface area (Å²) in [6.07, 6.45) is 4.16. The van der Waals surface area contributed by atoms with Gasteiger partial charge in [-0.05, 0) is 61.9 Å². The molecule has 1 saturated carbocycles. The molecule has 0 aliphatic heterocycles. The lowest BCUT2D eigenvalue weighted by molar-refractivity contribution is 0.509. The van der Waals surface area contributed by atoms with E-state index < -0.39 is 21.7 Å².